The summed E-state index contributed by atoms with van der Waals surface area (Å²) in [6, 6.07) is 7.53. The maximum atomic E-state index is 11.9. The molecule has 2 heterocycles. The predicted octanol–water partition coefficient (Wildman–Crippen LogP) is 1.95. The number of nitrogens with zero attached hydrogens (tertiary/aromatic N) is 1. The summed E-state index contributed by atoms with van der Waals surface area (Å²) in [4.78, 5) is 16.1. The van der Waals surface area contributed by atoms with Crippen LogP contribution in [0.1, 0.15) is 10.7 Å². The van der Waals surface area contributed by atoms with Crippen molar-refractivity contribution in [3.63, 3.8) is 0 Å². The highest BCUT2D eigenvalue weighted by Gasteiger charge is 2.21. The number of carbonyl (C=O) groups excluding carboxylic acids is 1. The van der Waals surface area contributed by atoms with Crippen LogP contribution in [-0.2, 0) is 11.2 Å². The lowest BCUT2D eigenvalue weighted by Crippen LogP contribution is -2.41. The van der Waals surface area contributed by atoms with Gasteiger partial charge in [0, 0.05) is 5.38 Å². The van der Waals surface area contributed by atoms with Gasteiger partial charge in [0.1, 0.15) is 12.7 Å². The van der Waals surface area contributed by atoms with E-state index >= 15 is 0 Å². The number of fused-ring (bicyclic) bond motifs is 1. The zero-order chi connectivity index (χ0) is 14.7. The number of hydrogen-bond acceptors (Lipinski definition) is 5. The third-order valence-electron chi connectivity index (χ3n) is 3.10. The van der Waals surface area contributed by atoms with Crippen molar-refractivity contribution in [2.24, 2.45) is 0 Å². The minimum atomic E-state index is -0.166. The van der Waals surface area contributed by atoms with Crippen LogP contribution < -0.4 is 14.8 Å². The summed E-state index contributed by atoms with van der Waals surface area (Å²) in [6.07, 6.45) is 0.134. The van der Waals surface area contributed by atoms with E-state index in [0.29, 0.717) is 19.6 Å². The molecule has 0 unspecified atom stereocenters. The minimum absolute atomic E-state index is 0.0530. The molecule has 6 heteroatoms. The second-order valence-electron chi connectivity index (χ2n) is 4.84. The molecule has 0 radical (unpaired) electrons. The van der Waals surface area contributed by atoms with Gasteiger partial charge in [0.15, 0.2) is 11.5 Å². The number of benzene rings is 1. The van der Waals surface area contributed by atoms with Gasteiger partial charge in [-0.25, -0.2) is 4.98 Å². The second-order valence-corrected chi connectivity index (χ2v) is 5.90. The fourth-order valence-corrected chi connectivity index (χ4v) is 2.72. The Kier molecular flexibility index (Phi) is 4.06. The molecule has 5 nitrogen and oxygen atoms in total. The summed E-state index contributed by atoms with van der Waals surface area (Å²) in [5.74, 6) is 1.42. The van der Waals surface area contributed by atoms with Gasteiger partial charge in [-0.05, 0) is 19.1 Å². The SMILES string of the molecule is Cc1nc(CC(=O)NC[C@@H]2COc3ccccc3O2)cs1. The fraction of sp³-hybridized carbons (Fsp3) is 0.333. The van der Waals surface area contributed by atoms with Crippen LogP contribution >= 0.6 is 11.3 Å². The Morgan fingerprint density at radius 1 is 1.43 bits per heavy atom. The molecule has 2 aromatic rings. The molecule has 1 N–H and O–H groups in total. The van der Waals surface area contributed by atoms with E-state index in [1.807, 2.05) is 36.6 Å². The number of amides is 1. The van der Waals surface area contributed by atoms with Crippen molar-refractivity contribution in [3.05, 3.63) is 40.3 Å². The average molecular weight is 304 g/mol. The summed E-state index contributed by atoms with van der Waals surface area (Å²) in [6.45, 7) is 2.79. The Hall–Kier alpha value is -2.08. The third-order valence-corrected chi connectivity index (χ3v) is 3.92. The van der Waals surface area contributed by atoms with Crippen LogP contribution in [-0.4, -0.2) is 30.1 Å². The van der Waals surface area contributed by atoms with E-state index in [-0.39, 0.29) is 12.0 Å². The van der Waals surface area contributed by atoms with Crippen molar-refractivity contribution < 1.29 is 14.3 Å². The Balaban J connectivity index is 1.49. The number of aromatic nitrogens is 1. The molecule has 0 spiro atoms. The van der Waals surface area contributed by atoms with Crippen molar-refractivity contribution in [1.82, 2.24) is 10.3 Å². The number of hydrogen-bond donors (Lipinski definition) is 1. The number of ether oxygens (including phenoxy) is 2. The predicted molar refractivity (Wildman–Crippen MR) is 79.9 cm³/mol. The summed E-state index contributed by atoms with van der Waals surface area (Å²) < 4.78 is 11.4. The van der Waals surface area contributed by atoms with E-state index in [2.05, 4.69) is 10.3 Å². The number of rotatable bonds is 4. The van der Waals surface area contributed by atoms with Gasteiger partial charge < -0.3 is 14.8 Å². The van der Waals surface area contributed by atoms with Crippen LogP contribution in [0.4, 0.5) is 0 Å². The van der Waals surface area contributed by atoms with Gasteiger partial charge in [-0.15, -0.1) is 11.3 Å². The van der Waals surface area contributed by atoms with Crippen molar-refractivity contribution in [2.45, 2.75) is 19.4 Å². The third kappa shape index (κ3) is 3.52. The van der Waals surface area contributed by atoms with Crippen LogP contribution in [0.5, 0.6) is 11.5 Å². The van der Waals surface area contributed by atoms with Gasteiger partial charge in [-0.2, -0.15) is 0 Å². The smallest absolute Gasteiger partial charge is 0.226 e. The molecule has 3 rings (SSSR count). The summed E-state index contributed by atoms with van der Waals surface area (Å²) in [5.41, 5.74) is 0.807. The van der Waals surface area contributed by atoms with Crippen molar-refractivity contribution in [2.75, 3.05) is 13.2 Å². The van der Waals surface area contributed by atoms with E-state index in [9.17, 15) is 4.79 Å². The van der Waals surface area contributed by atoms with E-state index in [4.69, 9.17) is 9.47 Å². The molecule has 0 bridgehead atoms. The van der Waals surface area contributed by atoms with Crippen LogP contribution in [0.15, 0.2) is 29.6 Å². The highest BCUT2D eigenvalue weighted by Crippen LogP contribution is 2.30. The molecule has 21 heavy (non-hydrogen) atoms. The first-order valence-corrected chi connectivity index (χ1v) is 7.65. The van der Waals surface area contributed by atoms with Gasteiger partial charge in [-0.1, -0.05) is 12.1 Å². The van der Waals surface area contributed by atoms with Crippen LogP contribution in [0.25, 0.3) is 0 Å². The number of nitrogens with one attached hydrogen (secondary N) is 1. The molecule has 0 saturated heterocycles. The first-order valence-electron chi connectivity index (χ1n) is 6.77. The van der Waals surface area contributed by atoms with Gasteiger partial charge in [0.05, 0.1) is 23.7 Å². The first-order chi connectivity index (χ1) is 10.2. The Morgan fingerprint density at radius 2 is 2.24 bits per heavy atom. The lowest BCUT2D eigenvalue weighted by Gasteiger charge is -2.26. The average Bonchev–Trinajstić information content (AvgIpc) is 2.90. The molecule has 1 aromatic heterocycles. The highest BCUT2D eigenvalue weighted by atomic mass is 32.1. The maximum Gasteiger partial charge on any atom is 0.226 e. The van der Waals surface area contributed by atoms with Gasteiger partial charge in [-0.3, -0.25) is 4.79 Å². The molecular weight excluding hydrogens is 288 g/mol. The zero-order valence-electron chi connectivity index (χ0n) is 11.7. The van der Waals surface area contributed by atoms with Crippen molar-refractivity contribution >= 4 is 17.2 Å². The molecule has 1 aliphatic heterocycles. The van der Waals surface area contributed by atoms with Crippen molar-refractivity contribution in [3.8, 4) is 11.5 Å². The molecule has 1 amide bonds. The lowest BCUT2D eigenvalue weighted by molar-refractivity contribution is -0.121. The standard InChI is InChI=1S/C15H16N2O3S/c1-10-17-11(9-21-10)6-15(18)16-7-12-8-19-13-4-2-3-5-14(13)20-12/h2-5,9,12H,6-8H2,1H3,(H,16,18)/t12-/m1/s1. The summed E-state index contributed by atoms with van der Waals surface area (Å²) in [7, 11) is 0. The Morgan fingerprint density at radius 3 is 3.00 bits per heavy atom. The molecular formula is C15H16N2O3S. The van der Waals surface area contributed by atoms with Crippen LogP contribution in [0.2, 0.25) is 0 Å². The van der Waals surface area contributed by atoms with E-state index < -0.39 is 0 Å². The maximum absolute atomic E-state index is 11.9. The Bertz CT molecular complexity index is 641. The highest BCUT2D eigenvalue weighted by molar-refractivity contribution is 7.09. The molecule has 110 valence electrons. The second kappa shape index (κ2) is 6.13. The summed E-state index contributed by atoms with van der Waals surface area (Å²) >= 11 is 1.55. The molecule has 0 fully saturated rings. The number of carbonyl (C=O) groups is 1. The largest absolute Gasteiger partial charge is 0.486 e. The first kappa shape index (κ1) is 13.9. The zero-order valence-corrected chi connectivity index (χ0v) is 12.5. The Labute approximate surface area is 126 Å². The quantitative estimate of drug-likeness (QED) is 0.938. The fourth-order valence-electron chi connectivity index (χ4n) is 2.11. The molecule has 0 aliphatic carbocycles. The topological polar surface area (TPSA) is 60.5 Å². The van der Waals surface area contributed by atoms with E-state index in [1.54, 1.807) is 11.3 Å². The monoisotopic (exact) mass is 304 g/mol. The van der Waals surface area contributed by atoms with Crippen LogP contribution in [0, 0.1) is 6.92 Å². The van der Waals surface area contributed by atoms with Gasteiger partial charge in [0.25, 0.3) is 0 Å². The van der Waals surface area contributed by atoms with E-state index in [0.717, 1.165) is 22.2 Å². The molecule has 1 aliphatic rings. The van der Waals surface area contributed by atoms with Crippen molar-refractivity contribution in [1.29, 1.82) is 0 Å². The van der Waals surface area contributed by atoms with E-state index in [1.165, 1.54) is 0 Å². The molecule has 1 aromatic carbocycles. The normalized spacial score (nSPS) is 16.5. The lowest BCUT2D eigenvalue weighted by atomic mass is 10.2. The minimum Gasteiger partial charge on any atom is -0.486 e. The number of para-hydroxylation sites is 2. The van der Waals surface area contributed by atoms with Crippen LogP contribution in [0.3, 0.4) is 0 Å². The molecule has 0 saturated carbocycles. The number of aryl methyl sites for hydroxylation is 1. The van der Waals surface area contributed by atoms with Gasteiger partial charge >= 0.3 is 0 Å². The summed E-state index contributed by atoms with van der Waals surface area (Å²) in [5, 5.41) is 5.74. The van der Waals surface area contributed by atoms with Gasteiger partial charge in [0.2, 0.25) is 5.91 Å². The molecule has 1 atom stereocenters. The number of thiazole rings is 1.